The SMILES string of the molecule is CCn1nnc2cc(C(=O)Oc3ccc(Br)cc3F)ccc21. The van der Waals surface area contributed by atoms with Gasteiger partial charge in [0.2, 0.25) is 0 Å². The quantitative estimate of drug-likeness (QED) is 0.527. The highest BCUT2D eigenvalue weighted by Crippen LogP contribution is 2.23. The minimum Gasteiger partial charge on any atom is -0.420 e. The second-order valence-corrected chi connectivity index (χ2v) is 5.49. The number of ether oxygens (including phenoxy) is 1. The summed E-state index contributed by atoms with van der Waals surface area (Å²) in [5.41, 5.74) is 1.71. The standard InChI is InChI=1S/C15H11BrFN3O2/c1-2-20-13-5-3-9(7-12(13)18-19-20)15(21)22-14-6-4-10(16)8-11(14)17/h3-8H,2H2,1H3. The van der Waals surface area contributed by atoms with E-state index in [0.717, 1.165) is 5.52 Å². The Bertz CT molecular complexity index is 863. The molecule has 1 heterocycles. The van der Waals surface area contributed by atoms with Crippen molar-refractivity contribution < 1.29 is 13.9 Å². The van der Waals surface area contributed by atoms with E-state index in [1.165, 1.54) is 12.1 Å². The van der Waals surface area contributed by atoms with Gasteiger partial charge in [-0.1, -0.05) is 21.1 Å². The number of benzene rings is 2. The highest BCUT2D eigenvalue weighted by molar-refractivity contribution is 9.10. The molecular weight excluding hydrogens is 353 g/mol. The summed E-state index contributed by atoms with van der Waals surface area (Å²) in [6.45, 7) is 2.64. The minimum absolute atomic E-state index is 0.120. The number of hydrogen-bond acceptors (Lipinski definition) is 4. The number of carbonyl (C=O) groups is 1. The Morgan fingerprint density at radius 3 is 2.86 bits per heavy atom. The zero-order chi connectivity index (χ0) is 15.7. The summed E-state index contributed by atoms with van der Waals surface area (Å²) in [6, 6.07) is 9.15. The van der Waals surface area contributed by atoms with Crippen molar-refractivity contribution in [2.24, 2.45) is 0 Å². The van der Waals surface area contributed by atoms with E-state index < -0.39 is 11.8 Å². The molecule has 0 aliphatic rings. The molecule has 2 aromatic carbocycles. The third-order valence-corrected chi connectivity index (χ3v) is 3.64. The normalized spacial score (nSPS) is 10.9. The predicted molar refractivity (Wildman–Crippen MR) is 82.3 cm³/mol. The van der Waals surface area contributed by atoms with Crippen LogP contribution in [0.3, 0.4) is 0 Å². The molecule has 0 radical (unpaired) electrons. The van der Waals surface area contributed by atoms with Crippen molar-refractivity contribution in [1.29, 1.82) is 0 Å². The van der Waals surface area contributed by atoms with Crippen LogP contribution >= 0.6 is 15.9 Å². The number of halogens is 2. The van der Waals surface area contributed by atoms with Crippen molar-refractivity contribution in [2.75, 3.05) is 0 Å². The lowest BCUT2D eigenvalue weighted by molar-refractivity contribution is 0.0728. The van der Waals surface area contributed by atoms with Gasteiger partial charge in [-0.2, -0.15) is 0 Å². The fraction of sp³-hybridized carbons (Fsp3) is 0.133. The van der Waals surface area contributed by atoms with Gasteiger partial charge in [0.15, 0.2) is 11.6 Å². The van der Waals surface area contributed by atoms with E-state index in [-0.39, 0.29) is 11.3 Å². The van der Waals surface area contributed by atoms with Gasteiger partial charge in [-0.15, -0.1) is 5.10 Å². The Morgan fingerprint density at radius 2 is 2.14 bits per heavy atom. The van der Waals surface area contributed by atoms with Gasteiger partial charge in [0.25, 0.3) is 0 Å². The Labute approximate surface area is 133 Å². The first-order valence-electron chi connectivity index (χ1n) is 6.59. The van der Waals surface area contributed by atoms with Crippen molar-refractivity contribution in [3.05, 3.63) is 52.3 Å². The summed E-state index contributed by atoms with van der Waals surface area (Å²) in [5, 5.41) is 7.97. The fourth-order valence-corrected chi connectivity index (χ4v) is 2.38. The van der Waals surface area contributed by atoms with Crippen molar-refractivity contribution in [3.63, 3.8) is 0 Å². The van der Waals surface area contributed by atoms with Gasteiger partial charge in [0, 0.05) is 11.0 Å². The Balaban J connectivity index is 1.88. The van der Waals surface area contributed by atoms with Crippen molar-refractivity contribution in [3.8, 4) is 5.75 Å². The van der Waals surface area contributed by atoms with Crippen LogP contribution in [0.15, 0.2) is 40.9 Å². The van der Waals surface area contributed by atoms with Gasteiger partial charge in [0.05, 0.1) is 11.1 Å². The van der Waals surface area contributed by atoms with Crippen LogP contribution in [0.5, 0.6) is 5.75 Å². The van der Waals surface area contributed by atoms with Crippen LogP contribution in [-0.4, -0.2) is 21.0 Å². The molecule has 3 aromatic rings. The molecule has 0 N–H and O–H groups in total. The average molecular weight is 364 g/mol. The smallest absolute Gasteiger partial charge is 0.343 e. The average Bonchev–Trinajstić information content (AvgIpc) is 2.92. The first-order chi connectivity index (χ1) is 10.6. The van der Waals surface area contributed by atoms with E-state index in [4.69, 9.17) is 4.74 Å². The highest BCUT2D eigenvalue weighted by Gasteiger charge is 2.14. The summed E-state index contributed by atoms with van der Waals surface area (Å²) < 4.78 is 21.1. The second kappa shape index (κ2) is 5.84. The fourth-order valence-electron chi connectivity index (χ4n) is 2.05. The van der Waals surface area contributed by atoms with Crippen molar-refractivity contribution >= 4 is 32.9 Å². The number of aryl methyl sites for hydroxylation is 1. The maximum absolute atomic E-state index is 13.7. The molecule has 7 heteroatoms. The number of nitrogens with zero attached hydrogens (tertiary/aromatic N) is 3. The van der Waals surface area contributed by atoms with Gasteiger partial charge in [-0.05, 0) is 43.3 Å². The van der Waals surface area contributed by atoms with Gasteiger partial charge < -0.3 is 4.74 Å². The predicted octanol–water partition coefficient (Wildman–Crippen LogP) is 3.57. The summed E-state index contributed by atoms with van der Waals surface area (Å²) in [5.74, 6) is -1.37. The minimum atomic E-state index is -0.644. The van der Waals surface area contributed by atoms with Gasteiger partial charge in [0.1, 0.15) is 5.52 Å². The molecule has 0 amide bonds. The summed E-state index contributed by atoms with van der Waals surface area (Å²) >= 11 is 3.15. The highest BCUT2D eigenvalue weighted by atomic mass is 79.9. The maximum Gasteiger partial charge on any atom is 0.343 e. The molecule has 0 aliphatic heterocycles. The number of fused-ring (bicyclic) bond motifs is 1. The molecule has 1 aromatic heterocycles. The van der Waals surface area contributed by atoms with Crippen molar-refractivity contribution in [1.82, 2.24) is 15.0 Å². The molecule has 0 saturated heterocycles. The summed E-state index contributed by atoms with van der Waals surface area (Å²) in [4.78, 5) is 12.1. The summed E-state index contributed by atoms with van der Waals surface area (Å²) in [6.07, 6.45) is 0. The van der Waals surface area contributed by atoms with Crippen molar-refractivity contribution in [2.45, 2.75) is 13.5 Å². The van der Waals surface area contributed by atoms with Crippen LogP contribution in [0.4, 0.5) is 4.39 Å². The van der Waals surface area contributed by atoms with Crippen LogP contribution in [0.1, 0.15) is 17.3 Å². The van der Waals surface area contributed by atoms with E-state index >= 15 is 0 Å². The molecule has 0 spiro atoms. The van der Waals surface area contributed by atoms with Gasteiger partial charge >= 0.3 is 5.97 Å². The molecule has 3 rings (SSSR count). The molecule has 0 atom stereocenters. The zero-order valence-electron chi connectivity index (χ0n) is 11.6. The third-order valence-electron chi connectivity index (χ3n) is 3.15. The van der Waals surface area contributed by atoms with Crippen LogP contribution in [0.25, 0.3) is 11.0 Å². The number of aromatic nitrogens is 3. The lowest BCUT2D eigenvalue weighted by Crippen LogP contribution is -2.09. The Hall–Kier alpha value is -2.28. The number of rotatable bonds is 3. The Morgan fingerprint density at radius 1 is 1.32 bits per heavy atom. The van der Waals surface area contributed by atoms with Crippen LogP contribution in [-0.2, 0) is 6.54 Å². The third kappa shape index (κ3) is 2.71. The van der Waals surface area contributed by atoms with E-state index in [0.29, 0.717) is 16.5 Å². The molecule has 0 aliphatic carbocycles. The molecule has 5 nitrogen and oxygen atoms in total. The van der Waals surface area contributed by atoms with Crippen LogP contribution in [0, 0.1) is 5.82 Å². The van der Waals surface area contributed by atoms with E-state index in [2.05, 4.69) is 26.2 Å². The first kappa shape index (κ1) is 14.6. The lowest BCUT2D eigenvalue weighted by atomic mass is 10.2. The largest absolute Gasteiger partial charge is 0.420 e. The maximum atomic E-state index is 13.7. The van der Waals surface area contributed by atoms with Crippen LogP contribution < -0.4 is 4.74 Å². The lowest BCUT2D eigenvalue weighted by Gasteiger charge is -2.06. The molecule has 112 valence electrons. The molecular formula is C15H11BrFN3O2. The van der Waals surface area contributed by atoms with E-state index in [9.17, 15) is 9.18 Å². The zero-order valence-corrected chi connectivity index (χ0v) is 13.2. The number of carbonyl (C=O) groups excluding carboxylic acids is 1. The topological polar surface area (TPSA) is 57.0 Å². The number of hydrogen-bond donors (Lipinski definition) is 0. The number of esters is 1. The molecule has 0 saturated carbocycles. The van der Waals surface area contributed by atoms with Gasteiger partial charge in [-0.25, -0.2) is 13.9 Å². The molecule has 0 bridgehead atoms. The molecule has 22 heavy (non-hydrogen) atoms. The molecule has 0 fully saturated rings. The van der Waals surface area contributed by atoms with E-state index in [1.807, 2.05) is 6.92 Å². The van der Waals surface area contributed by atoms with Crippen LogP contribution in [0.2, 0.25) is 0 Å². The summed E-state index contributed by atoms with van der Waals surface area (Å²) in [7, 11) is 0. The monoisotopic (exact) mass is 363 g/mol. The second-order valence-electron chi connectivity index (χ2n) is 4.57. The Kier molecular flexibility index (Phi) is 3.89. The first-order valence-corrected chi connectivity index (χ1v) is 7.38. The van der Waals surface area contributed by atoms with E-state index in [1.54, 1.807) is 28.9 Å². The molecule has 0 unspecified atom stereocenters. The van der Waals surface area contributed by atoms with Gasteiger partial charge in [-0.3, -0.25) is 0 Å².